The van der Waals surface area contributed by atoms with Crippen LogP contribution in [0.3, 0.4) is 0 Å². The number of nitrogens with one attached hydrogen (secondary N) is 2. The maximum Gasteiger partial charge on any atom is 0.311 e. The predicted molar refractivity (Wildman–Crippen MR) is 119 cm³/mol. The summed E-state index contributed by atoms with van der Waals surface area (Å²) < 4.78 is 32.1. The van der Waals surface area contributed by atoms with Gasteiger partial charge in [0.15, 0.2) is 0 Å². The molecule has 2 aromatic rings. The Balaban J connectivity index is 1.84. The standard InChI is InChI=1S/C22H21F2N3O3S/c1-3-19(22(29)27-18-10-13(23)8-9-15(18)24)31-20-11-14(12-21(28)30-2)25-16-6-4-5-7-17(16)26-20/h4-11,19,25H,3,12H2,1-2H3,(H,27,29). The van der Waals surface area contributed by atoms with Crippen molar-refractivity contribution in [3.8, 4) is 0 Å². The number of carbonyl (C=O) groups is 2. The molecule has 1 amide bonds. The van der Waals surface area contributed by atoms with E-state index in [9.17, 15) is 18.4 Å². The van der Waals surface area contributed by atoms with E-state index in [4.69, 9.17) is 4.74 Å². The van der Waals surface area contributed by atoms with Crippen LogP contribution in [0.15, 0.2) is 59.2 Å². The molecule has 2 N–H and O–H groups in total. The van der Waals surface area contributed by atoms with E-state index < -0.39 is 28.8 Å². The van der Waals surface area contributed by atoms with Crippen molar-refractivity contribution >= 4 is 45.7 Å². The molecule has 0 aliphatic carbocycles. The van der Waals surface area contributed by atoms with E-state index in [1.165, 1.54) is 18.9 Å². The summed E-state index contributed by atoms with van der Waals surface area (Å²) in [6, 6.07) is 10.2. The lowest BCUT2D eigenvalue weighted by Crippen LogP contribution is -2.26. The number of methoxy groups -OCH3 is 1. The zero-order valence-corrected chi connectivity index (χ0v) is 17.8. The second-order valence-corrected chi connectivity index (χ2v) is 7.87. The normalized spacial score (nSPS) is 13.7. The van der Waals surface area contributed by atoms with Gasteiger partial charge in [0.1, 0.15) is 11.6 Å². The number of anilines is 2. The molecule has 2 aromatic carbocycles. The number of rotatable bonds is 6. The van der Waals surface area contributed by atoms with Crippen molar-refractivity contribution in [1.82, 2.24) is 0 Å². The number of thioether (sulfide) groups is 1. The molecule has 0 bridgehead atoms. The van der Waals surface area contributed by atoms with Crippen LogP contribution in [0.2, 0.25) is 0 Å². The predicted octanol–water partition coefficient (Wildman–Crippen LogP) is 5.02. The molecular formula is C22H21F2N3O3S. The molecule has 9 heteroatoms. The van der Waals surface area contributed by atoms with Crippen LogP contribution >= 0.6 is 11.8 Å². The molecule has 31 heavy (non-hydrogen) atoms. The Kier molecular flexibility index (Phi) is 7.41. The molecular weight excluding hydrogens is 424 g/mol. The summed E-state index contributed by atoms with van der Waals surface area (Å²) in [6.07, 6.45) is 2.10. The molecule has 1 unspecified atom stereocenters. The lowest BCUT2D eigenvalue weighted by atomic mass is 10.2. The third kappa shape index (κ3) is 5.91. The first-order valence-electron chi connectivity index (χ1n) is 9.54. The highest BCUT2D eigenvalue weighted by atomic mass is 32.2. The van der Waals surface area contributed by atoms with Crippen molar-refractivity contribution in [2.45, 2.75) is 25.0 Å². The third-order valence-corrected chi connectivity index (χ3v) is 5.69. The van der Waals surface area contributed by atoms with Crippen molar-refractivity contribution in [3.63, 3.8) is 0 Å². The fourth-order valence-electron chi connectivity index (χ4n) is 2.84. The number of nitrogens with zero attached hydrogens (tertiary/aromatic N) is 1. The van der Waals surface area contributed by atoms with Crippen LogP contribution in [0.25, 0.3) is 0 Å². The average molecular weight is 445 g/mol. The van der Waals surface area contributed by atoms with Gasteiger partial charge in [-0.05, 0) is 36.8 Å². The average Bonchev–Trinajstić information content (AvgIpc) is 2.92. The van der Waals surface area contributed by atoms with Crippen LogP contribution < -0.4 is 10.6 Å². The van der Waals surface area contributed by atoms with E-state index in [0.717, 1.165) is 18.2 Å². The van der Waals surface area contributed by atoms with E-state index in [2.05, 4.69) is 15.6 Å². The fourth-order valence-corrected chi connectivity index (χ4v) is 3.83. The number of benzene rings is 2. The number of esters is 1. The van der Waals surface area contributed by atoms with Crippen LogP contribution in [0, 0.1) is 11.6 Å². The number of carbonyl (C=O) groups excluding carboxylic acids is 2. The molecule has 0 fully saturated rings. The molecule has 0 radical (unpaired) electrons. The number of hydrogen-bond donors (Lipinski definition) is 2. The molecule has 1 heterocycles. The van der Waals surface area contributed by atoms with Crippen LogP contribution in [0.1, 0.15) is 19.8 Å². The number of fused-ring (bicyclic) bond motifs is 1. The molecule has 0 spiro atoms. The number of amides is 1. The Hall–Kier alpha value is -3.20. The second kappa shape index (κ2) is 10.2. The van der Waals surface area contributed by atoms with Gasteiger partial charge in [0.2, 0.25) is 5.91 Å². The van der Waals surface area contributed by atoms with Gasteiger partial charge in [0, 0.05) is 11.8 Å². The van der Waals surface area contributed by atoms with E-state index in [0.29, 0.717) is 28.5 Å². The minimum atomic E-state index is -0.722. The summed E-state index contributed by atoms with van der Waals surface area (Å²) in [4.78, 5) is 29.1. The van der Waals surface area contributed by atoms with Gasteiger partial charge >= 0.3 is 5.97 Å². The van der Waals surface area contributed by atoms with Crippen molar-refractivity contribution in [2.75, 3.05) is 17.7 Å². The summed E-state index contributed by atoms with van der Waals surface area (Å²) in [7, 11) is 1.31. The van der Waals surface area contributed by atoms with Crippen molar-refractivity contribution < 1.29 is 23.1 Å². The van der Waals surface area contributed by atoms with Crippen molar-refractivity contribution in [3.05, 3.63) is 65.9 Å². The topological polar surface area (TPSA) is 79.8 Å². The lowest BCUT2D eigenvalue weighted by molar-refractivity contribution is -0.139. The van der Waals surface area contributed by atoms with Crippen LogP contribution in [-0.2, 0) is 14.3 Å². The highest BCUT2D eigenvalue weighted by Crippen LogP contribution is 2.32. The first-order chi connectivity index (χ1) is 14.9. The van der Waals surface area contributed by atoms with E-state index in [1.54, 1.807) is 12.1 Å². The van der Waals surface area contributed by atoms with Crippen LogP contribution in [0.4, 0.5) is 25.8 Å². The number of ether oxygens (including phenoxy) is 1. The van der Waals surface area contributed by atoms with E-state index >= 15 is 0 Å². The van der Waals surface area contributed by atoms with Gasteiger partial charge in [-0.15, -0.1) is 0 Å². The first kappa shape index (κ1) is 22.5. The second-order valence-electron chi connectivity index (χ2n) is 6.64. The zero-order chi connectivity index (χ0) is 22.4. The number of hydrogen-bond acceptors (Lipinski definition) is 6. The highest BCUT2D eigenvalue weighted by molar-refractivity contribution is 8.15. The third-order valence-electron chi connectivity index (χ3n) is 4.40. The Bertz CT molecular complexity index is 1060. The summed E-state index contributed by atoms with van der Waals surface area (Å²) >= 11 is 1.17. The number of aliphatic imine (C=N–C) groups is 1. The molecule has 162 valence electrons. The van der Waals surface area contributed by atoms with Gasteiger partial charge in [-0.1, -0.05) is 30.8 Å². The largest absolute Gasteiger partial charge is 0.469 e. The van der Waals surface area contributed by atoms with Crippen LogP contribution in [0.5, 0.6) is 0 Å². The maximum atomic E-state index is 13.9. The summed E-state index contributed by atoms with van der Waals surface area (Å²) in [5.41, 5.74) is 1.70. The quantitative estimate of drug-likeness (QED) is 0.611. The molecule has 3 rings (SSSR count). The molecule has 0 aromatic heterocycles. The first-order valence-corrected chi connectivity index (χ1v) is 10.4. The Labute approximate surface area is 182 Å². The van der Waals surface area contributed by atoms with Crippen molar-refractivity contribution in [2.24, 2.45) is 4.99 Å². The van der Waals surface area contributed by atoms with Crippen LogP contribution in [-0.4, -0.2) is 29.3 Å². The van der Waals surface area contributed by atoms with Gasteiger partial charge < -0.3 is 15.4 Å². The fraction of sp³-hybridized carbons (Fsp3) is 0.227. The number of halogens is 2. The molecule has 0 saturated heterocycles. The van der Waals surface area contributed by atoms with E-state index in [1.807, 2.05) is 25.1 Å². The smallest absolute Gasteiger partial charge is 0.311 e. The summed E-state index contributed by atoms with van der Waals surface area (Å²) in [5.74, 6) is -2.27. The monoisotopic (exact) mass is 445 g/mol. The van der Waals surface area contributed by atoms with Gasteiger partial charge in [0.05, 0.1) is 40.9 Å². The minimum Gasteiger partial charge on any atom is -0.469 e. The lowest BCUT2D eigenvalue weighted by Gasteiger charge is -2.15. The van der Waals surface area contributed by atoms with Gasteiger partial charge in [-0.25, -0.2) is 13.8 Å². The minimum absolute atomic E-state index is 0.00189. The maximum absolute atomic E-state index is 13.9. The van der Waals surface area contributed by atoms with Gasteiger partial charge in [-0.2, -0.15) is 0 Å². The number of para-hydroxylation sites is 2. The highest BCUT2D eigenvalue weighted by Gasteiger charge is 2.23. The van der Waals surface area contributed by atoms with Gasteiger partial charge in [0.25, 0.3) is 0 Å². The molecule has 1 aliphatic rings. The SMILES string of the molecule is CCC(SC1=Nc2ccccc2NC(CC(=O)OC)=C1)C(=O)Nc1cc(F)ccc1F. The summed E-state index contributed by atoms with van der Waals surface area (Å²) in [6.45, 7) is 1.81. The van der Waals surface area contributed by atoms with Gasteiger partial charge in [-0.3, -0.25) is 9.59 Å². The molecule has 0 saturated carbocycles. The Morgan fingerprint density at radius 3 is 2.74 bits per heavy atom. The Morgan fingerprint density at radius 1 is 1.23 bits per heavy atom. The Morgan fingerprint density at radius 2 is 2.00 bits per heavy atom. The zero-order valence-electron chi connectivity index (χ0n) is 16.9. The molecule has 1 aliphatic heterocycles. The van der Waals surface area contributed by atoms with Crippen molar-refractivity contribution in [1.29, 1.82) is 0 Å². The molecule has 6 nitrogen and oxygen atoms in total. The van der Waals surface area contributed by atoms with E-state index in [-0.39, 0.29) is 12.1 Å². The molecule has 1 atom stereocenters. The summed E-state index contributed by atoms with van der Waals surface area (Å²) in [5, 5.41) is 5.48.